The number of nitrogens with zero attached hydrogens (tertiary/aromatic N) is 2. The number of hydrogen-bond acceptors (Lipinski definition) is 1. The molecule has 0 heterocycles. The van der Waals surface area contributed by atoms with Crippen LogP contribution in [0.25, 0.3) is 0 Å². The summed E-state index contributed by atoms with van der Waals surface area (Å²) in [4.78, 5) is 0. The Balaban J connectivity index is 3.97. The molecule has 0 aromatic carbocycles. The van der Waals surface area contributed by atoms with Gasteiger partial charge < -0.3 is 4.48 Å². The lowest BCUT2D eigenvalue weighted by Crippen LogP contribution is -2.48. The molecule has 0 saturated heterocycles. The Morgan fingerprint density at radius 2 is 0.963 bits per heavy atom. The normalized spacial score (nSPS) is 12.9. The minimum atomic E-state index is 0.179. The van der Waals surface area contributed by atoms with Crippen molar-refractivity contribution in [3.05, 3.63) is 0 Å². The zero-order valence-corrected chi connectivity index (χ0v) is 19.4. The lowest BCUT2D eigenvalue weighted by Gasteiger charge is -2.36. The minimum Gasteiger partial charge on any atom is -0.325 e. The van der Waals surface area contributed by atoms with Crippen molar-refractivity contribution in [2.24, 2.45) is 5.92 Å². The summed E-state index contributed by atoms with van der Waals surface area (Å²) in [5.74, 6) is 0.179. The molecule has 0 aliphatic heterocycles. The Morgan fingerprint density at radius 3 is 1.30 bits per heavy atom. The zero-order chi connectivity index (χ0) is 20.2. The van der Waals surface area contributed by atoms with Gasteiger partial charge in [0, 0.05) is 0 Å². The van der Waals surface area contributed by atoms with Gasteiger partial charge in [-0.05, 0) is 32.6 Å². The highest BCUT2D eigenvalue weighted by molar-refractivity contribution is 4.78. The molecule has 0 aromatic rings. The van der Waals surface area contributed by atoms with Gasteiger partial charge in [0.25, 0.3) is 0 Å². The molecule has 27 heavy (non-hydrogen) atoms. The Hall–Kier alpha value is -0.550. The van der Waals surface area contributed by atoms with Crippen molar-refractivity contribution in [2.75, 3.05) is 26.7 Å². The molecule has 0 fully saturated rings. The van der Waals surface area contributed by atoms with Crippen LogP contribution in [0.1, 0.15) is 124 Å². The van der Waals surface area contributed by atoms with Crippen LogP contribution in [0.15, 0.2) is 0 Å². The fourth-order valence-electron chi connectivity index (χ4n) is 4.25. The van der Waals surface area contributed by atoms with E-state index in [0.717, 1.165) is 11.0 Å². The fourth-order valence-corrected chi connectivity index (χ4v) is 4.25. The largest absolute Gasteiger partial charge is 0.325 e. The van der Waals surface area contributed by atoms with E-state index in [1.165, 1.54) is 116 Å². The third kappa shape index (κ3) is 17.3. The molecule has 0 bridgehead atoms. The molecule has 0 spiro atoms. The van der Waals surface area contributed by atoms with Crippen LogP contribution in [0.2, 0.25) is 0 Å². The smallest absolute Gasteiger partial charge is 0.0942 e. The fraction of sp³-hybridized carbons (Fsp3) is 0.960. The first-order chi connectivity index (χ1) is 13.1. The van der Waals surface area contributed by atoms with Gasteiger partial charge in [-0.1, -0.05) is 90.9 Å². The van der Waals surface area contributed by atoms with Crippen LogP contribution in [0.4, 0.5) is 0 Å². The molecular weight excluding hydrogens is 328 g/mol. The van der Waals surface area contributed by atoms with Gasteiger partial charge in [0.15, 0.2) is 0 Å². The van der Waals surface area contributed by atoms with Gasteiger partial charge in [0.2, 0.25) is 0 Å². The van der Waals surface area contributed by atoms with E-state index in [1.54, 1.807) is 0 Å². The molecule has 0 amide bonds. The van der Waals surface area contributed by atoms with E-state index in [4.69, 9.17) is 0 Å². The van der Waals surface area contributed by atoms with Gasteiger partial charge in [0.1, 0.15) is 0 Å². The first-order valence-electron chi connectivity index (χ1n) is 12.3. The molecule has 0 aromatic heterocycles. The van der Waals surface area contributed by atoms with E-state index in [9.17, 15) is 5.26 Å². The van der Waals surface area contributed by atoms with Crippen molar-refractivity contribution in [3.8, 4) is 6.07 Å². The second-order valence-electron chi connectivity index (χ2n) is 9.23. The average Bonchev–Trinajstić information content (AvgIpc) is 2.66. The molecule has 0 rings (SSSR count). The lowest BCUT2D eigenvalue weighted by molar-refractivity contribution is -0.912. The monoisotopic (exact) mass is 379 g/mol. The maximum atomic E-state index is 9.26. The van der Waals surface area contributed by atoms with Crippen molar-refractivity contribution >= 4 is 0 Å². The molecule has 0 aliphatic carbocycles. The molecule has 0 saturated carbocycles. The van der Waals surface area contributed by atoms with Crippen molar-refractivity contribution < 1.29 is 4.48 Å². The predicted molar refractivity (Wildman–Crippen MR) is 121 cm³/mol. The molecule has 1 atom stereocenters. The van der Waals surface area contributed by atoms with Crippen LogP contribution < -0.4 is 0 Å². The molecule has 0 aliphatic rings. The molecule has 0 radical (unpaired) electrons. The highest BCUT2D eigenvalue weighted by Gasteiger charge is 2.23. The molecule has 160 valence electrons. The number of hydrogen-bond donors (Lipinski definition) is 0. The van der Waals surface area contributed by atoms with Gasteiger partial charge in [-0.3, -0.25) is 0 Å². The first-order valence-corrected chi connectivity index (χ1v) is 12.3. The quantitative estimate of drug-likeness (QED) is 0.156. The van der Waals surface area contributed by atoms with E-state index >= 15 is 0 Å². The summed E-state index contributed by atoms with van der Waals surface area (Å²) < 4.78 is 1.11. The summed E-state index contributed by atoms with van der Waals surface area (Å²) in [5.41, 5.74) is 0. The Labute approximate surface area is 172 Å². The summed E-state index contributed by atoms with van der Waals surface area (Å²) in [6.45, 7) is 10.2. The Morgan fingerprint density at radius 1 is 0.630 bits per heavy atom. The summed E-state index contributed by atoms with van der Waals surface area (Å²) >= 11 is 0. The van der Waals surface area contributed by atoms with Crippen molar-refractivity contribution in [2.45, 2.75) is 124 Å². The molecule has 2 nitrogen and oxygen atoms in total. The van der Waals surface area contributed by atoms with E-state index in [2.05, 4.69) is 33.9 Å². The SMILES string of the molecule is CCCCCCCCCC[N+](C)(CCCCCCCCCC)CC(C)C#N. The van der Waals surface area contributed by atoms with Crippen molar-refractivity contribution in [1.82, 2.24) is 0 Å². The second kappa shape index (κ2) is 18.8. The van der Waals surface area contributed by atoms with Crippen LogP contribution in [-0.2, 0) is 0 Å². The first kappa shape index (κ1) is 26.4. The molecule has 0 N–H and O–H groups in total. The van der Waals surface area contributed by atoms with Crippen LogP contribution >= 0.6 is 0 Å². The predicted octanol–water partition coefficient (Wildman–Crippen LogP) is 7.87. The van der Waals surface area contributed by atoms with Gasteiger partial charge in [-0.25, -0.2) is 0 Å². The van der Waals surface area contributed by atoms with Gasteiger partial charge >= 0.3 is 0 Å². The van der Waals surface area contributed by atoms with Crippen LogP contribution in [0, 0.1) is 17.2 Å². The highest BCUT2D eigenvalue weighted by atomic mass is 15.3. The zero-order valence-electron chi connectivity index (χ0n) is 19.4. The lowest BCUT2D eigenvalue weighted by atomic mass is 10.1. The van der Waals surface area contributed by atoms with Crippen molar-refractivity contribution in [3.63, 3.8) is 0 Å². The van der Waals surface area contributed by atoms with E-state index in [1.807, 2.05) is 0 Å². The maximum Gasteiger partial charge on any atom is 0.0942 e. The number of unbranched alkanes of at least 4 members (excludes halogenated alkanes) is 14. The number of rotatable bonds is 20. The third-order valence-corrected chi connectivity index (χ3v) is 6.04. The molecule has 2 heteroatoms. The Bertz CT molecular complexity index is 325. The van der Waals surface area contributed by atoms with E-state index in [-0.39, 0.29) is 5.92 Å². The van der Waals surface area contributed by atoms with Gasteiger partial charge in [-0.15, -0.1) is 0 Å². The van der Waals surface area contributed by atoms with Crippen LogP contribution in [-0.4, -0.2) is 31.2 Å². The minimum absolute atomic E-state index is 0.179. The summed E-state index contributed by atoms with van der Waals surface area (Å²) in [6.07, 6.45) is 22.2. The topological polar surface area (TPSA) is 23.8 Å². The van der Waals surface area contributed by atoms with Crippen LogP contribution in [0.3, 0.4) is 0 Å². The third-order valence-electron chi connectivity index (χ3n) is 6.04. The number of nitriles is 1. The molecular formula is C25H51N2+. The average molecular weight is 380 g/mol. The highest BCUT2D eigenvalue weighted by Crippen LogP contribution is 2.16. The van der Waals surface area contributed by atoms with Gasteiger partial charge in [0.05, 0.1) is 38.7 Å². The summed E-state index contributed by atoms with van der Waals surface area (Å²) in [7, 11) is 2.40. The van der Waals surface area contributed by atoms with Gasteiger partial charge in [-0.2, -0.15) is 5.26 Å². The van der Waals surface area contributed by atoms with Crippen LogP contribution in [0.5, 0.6) is 0 Å². The van der Waals surface area contributed by atoms with E-state index in [0.29, 0.717) is 0 Å². The van der Waals surface area contributed by atoms with Crippen molar-refractivity contribution in [1.29, 1.82) is 5.26 Å². The molecule has 1 unspecified atom stereocenters. The number of quaternary nitrogens is 1. The maximum absolute atomic E-state index is 9.26. The standard InChI is InChI=1S/C25H51N2/c1-5-7-9-11-13-15-17-19-21-27(4,24-25(3)23-26)22-20-18-16-14-12-10-8-6-2/h25H,5-22,24H2,1-4H3/q+1. The Kier molecular flexibility index (Phi) is 18.4. The summed E-state index contributed by atoms with van der Waals surface area (Å²) in [5, 5.41) is 9.26. The second-order valence-corrected chi connectivity index (χ2v) is 9.23. The van der Waals surface area contributed by atoms with E-state index < -0.39 is 0 Å². The summed E-state index contributed by atoms with van der Waals surface area (Å²) in [6, 6.07) is 2.47.